The zero-order chi connectivity index (χ0) is 9.97. The van der Waals surface area contributed by atoms with Gasteiger partial charge in [-0.1, -0.05) is 5.92 Å². The zero-order valence-corrected chi connectivity index (χ0v) is 8.07. The lowest BCUT2D eigenvalue weighted by Crippen LogP contribution is -1.96. The maximum Gasteiger partial charge on any atom is 0.132 e. The Morgan fingerprint density at radius 1 is 1.57 bits per heavy atom. The average Bonchev–Trinajstić information content (AvgIpc) is 2.98. The van der Waals surface area contributed by atoms with Crippen LogP contribution in [0.15, 0.2) is 12.3 Å². The fourth-order valence-corrected chi connectivity index (χ4v) is 1.16. The summed E-state index contributed by atoms with van der Waals surface area (Å²) in [6.07, 6.45) is 3.50. The normalized spacial score (nSPS) is 17.0. The van der Waals surface area contributed by atoms with Gasteiger partial charge in [0.2, 0.25) is 0 Å². The molecule has 0 saturated heterocycles. The summed E-state index contributed by atoms with van der Waals surface area (Å²) in [4.78, 5) is 8.50. The van der Waals surface area contributed by atoms with Gasteiger partial charge in [-0.15, -0.1) is 0 Å². The van der Waals surface area contributed by atoms with Crippen molar-refractivity contribution in [3.63, 3.8) is 0 Å². The van der Waals surface area contributed by atoms with Gasteiger partial charge in [-0.05, 0) is 31.8 Å². The van der Waals surface area contributed by atoms with Crippen molar-refractivity contribution < 1.29 is 5.11 Å². The van der Waals surface area contributed by atoms with Crippen LogP contribution in [0.25, 0.3) is 0 Å². The first-order valence-corrected chi connectivity index (χ1v) is 4.78. The van der Waals surface area contributed by atoms with Gasteiger partial charge in [-0.3, -0.25) is 0 Å². The Hall–Kier alpha value is -1.40. The molecule has 1 fully saturated rings. The molecule has 2 rings (SSSR count). The van der Waals surface area contributed by atoms with Gasteiger partial charge in [0.1, 0.15) is 17.6 Å². The molecular weight excluding hydrogens is 176 g/mol. The van der Waals surface area contributed by atoms with Crippen molar-refractivity contribution in [3.05, 3.63) is 23.8 Å². The molecule has 1 N–H and O–H groups in total. The van der Waals surface area contributed by atoms with Crippen molar-refractivity contribution in [2.24, 2.45) is 0 Å². The van der Waals surface area contributed by atoms with Crippen LogP contribution in [0.5, 0.6) is 0 Å². The molecule has 1 aromatic heterocycles. The average molecular weight is 188 g/mol. The standard InChI is InChI=1S/C11H12N2O/c1-8(14)2-5-10-6-7-12-11(13-10)9-3-4-9/h6-9,14H,3-4H2,1H3. The third-order valence-corrected chi connectivity index (χ3v) is 2.03. The van der Waals surface area contributed by atoms with Crippen LogP contribution in [0, 0.1) is 11.8 Å². The minimum atomic E-state index is -0.602. The molecule has 3 nitrogen and oxygen atoms in total. The Morgan fingerprint density at radius 3 is 3.00 bits per heavy atom. The van der Waals surface area contributed by atoms with E-state index in [1.54, 1.807) is 19.2 Å². The highest BCUT2D eigenvalue weighted by Crippen LogP contribution is 2.37. The fourth-order valence-electron chi connectivity index (χ4n) is 1.16. The van der Waals surface area contributed by atoms with Crippen molar-refractivity contribution in [1.82, 2.24) is 9.97 Å². The minimum Gasteiger partial charge on any atom is -0.381 e. The van der Waals surface area contributed by atoms with E-state index in [1.807, 2.05) is 0 Å². The lowest BCUT2D eigenvalue weighted by Gasteiger charge is -1.95. The van der Waals surface area contributed by atoms with E-state index in [4.69, 9.17) is 5.11 Å². The Kier molecular flexibility index (Phi) is 2.47. The van der Waals surface area contributed by atoms with E-state index >= 15 is 0 Å². The lowest BCUT2D eigenvalue weighted by molar-refractivity contribution is 0.253. The molecule has 0 spiro atoms. The summed E-state index contributed by atoms with van der Waals surface area (Å²) in [5, 5.41) is 8.99. The van der Waals surface area contributed by atoms with Gasteiger partial charge in [0.15, 0.2) is 0 Å². The molecule has 1 aliphatic rings. The highest BCUT2D eigenvalue weighted by Gasteiger charge is 2.26. The first-order valence-electron chi connectivity index (χ1n) is 4.78. The van der Waals surface area contributed by atoms with E-state index in [0.29, 0.717) is 11.6 Å². The third-order valence-electron chi connectivity index (χ3n) is 2.03. The second-order valence-corrected chi connectivity index (χ2v) is 3.52. The van der Waals surface area contributed by atoms with Crippen LogP contribution >= 0.6 is 0 Å². The summed E-state index contributed by atoms with van der Waals surface area (Å²) in [5.41, 5.74) is 0.697. The molecule has 1 atom stereocenters. The molecule has 1 unspecified atom stereocenters. The summed E-state index contributed by atoms with van der Waals surface area (Å²) in [5.74, 6) is 6.92. The van der Waals surface area contributed by atoms with E-state index in [1.165, 1.54) is 12.8 Å². The van der Waals surface area contributed by atoms with Crippen LogP contribution in [-0.2, 0) is 0 Å². The van der Waals surface area contributed by atoms with Gasteiger partial charge in [-0.25, -0.2) is 9.97 Å². The highest BCUT2D eigenvalue weighted by molar-refractivity contribution is 5.28. The molecule has 1 heterocycles. The molecule has 72 valence electrons. The van der Waals surface area contributed by atoms with Crippen LogP contribution in [0.1, 0.15) is 37.2 Å². The largest absolute Gasteiger partial charge is 0.381 e. The molecule has 0 aliphatic heterocycles. The third kappa shape index (κ3) is 2.30. The number of hydrogen-bond donors (Lipinski definition) is 1. The van der Waals surface area contributed by atoms with Crippen LogP contribution < -0.4 is 0 Å². The van der Waals surface area contributed by atoms with Crippen molar-refractivity contribution in [2.45, 2.75) is 31.8 Å². The summed E-state index contributed by atoms with van der Waals surface area (Å²) in [7, 11) is 0. The molecule has 1 saturated carbocycles. The fraction of sp³-hybridized carbons (Fsp3) is 0.455. The van der Waals surface area contributed by atoms with Gasteiger partial charge >= 0.3 is 0 Å². The molecule has 0 amide bonds. The quantitative estimate of drug-likeness (QED) is 0.671. The van der Waals surface area contributed by atoms with Gasteiger partial charge in [0, 0.05) is 12.1 Å². The van der Waals surface area contributed by atoms with E-state index in [-0.39, 0.29) is 0 Å². The van der Waals surface area contributed by atoms with E-state index in [0.717, 1.165) is 5.82 Å². The van der Waals surface area contributed by atoms with Gasteiger partial charge in [0.05, 0.1) is 0 Å². The topological polar surface area (TPSA) is 46.0 Å². The minimum absolute atomic E-state index is 0.545. The Balaban J connectivity index is 2.18. The van der Waals surface area contributed by atoms with Crippen LogP contribution in [0.4, 0.5) is 0 Å². The number of rotatable bonds is 1. The first kappa shape index (κ1) is 9.17. The van der Waals surface area contributed by atoms with Gasteiger partial charge < -0.3 is 5.11 Å². The van der Waals surface area contributed by atoms with E-state index < -0.39 is 6.10 Å². The van der Waals surface area contributed by atoms with Crippen LogP contribution in [0.2, 0.25) is 0 Å². The summed E-state index contributed by atoms with van der Waals surface area (Å²) in [6, 6.07) is 1.77. The first-order chi connectivity index (χ1) is 6.75. The van der Waals surface area contributed by atoms with Gasteiger partial charge in [0.25, 0.3) is 0 Å². The number of aromatic nitrogens is 2. The number of aliphatic hydroxyl groups is 1. The Labute approximate surface area is 83.2 Å². The number of aliphatic hydroxyl groups excluding tert-OH is 1. The molecule has 14 heavy (non-hydrogen) atoms. The maximum absolute atomic E-state index is 8.99. The lowest BCUT2D eigenvalue weighted by atomic mass is 10.3. The molecule has 3 heteroatoms. The molecule has 1 aromatic rings. The molecule has 0 radical (unpaired) electrons. The van der Waals surface area contributed by atoms with Crippen molar-refractivity contribution in [1.29, 1.82) is 0 Å². The van der Waals surface area contributed by atoms with Crippen molar-refractivity contribution in [3.8, 4) is 11.8 Å². The molecule has 1 aliphatic carbocycles. The molecule has 0 aromatic carbocycles. The van der Waals surface area contributed by atoms with Crippen molar-refractivity contribution in [2.75, 3.05) is 0 Å². The SMILES string of the molecule is CC(O)C#Cc1ccnc(C2CC2)n1. The smallest absolute Gasteiger partial charge is 0.132 e. The van der Waals surface area contributed by atoms with E-state index in [2.05, 4.69) is 21.8 Å². The maximum atomic E-state index is 8.99. The number of nitrogens with zero attached hydrogens (tertiary/aromatic N) is 2. The predicted molar refractivity (Wildman–Crippen MR) is 52.6 cm³/mol. The van der Waals surface area contributed by atoms with Gasteiger partial charge in [-0.2, -0.15) is 0 Å². The molecule has 0 bridgehead atoms. The summed E-state index contributed by atoms with van der Waals surface area (Å²) < 4.78 is 0. The van der Waals surface area contributed by atoms with E-state index in [9.17, 15) is 0 Å². The highest BCUT2D eigenvalue weighted by atomic mass is 16.3. The second-order valence-electron chi connectivity index (χ2n) is 3.52. The predicted octanol–water partition coefficient (Wildman–Crippen LogP) is 1.09. The Morgan fingerprint density at radius 2 is 2.36 bits per heavy atom. The van der Waals surface area contributed by atoms with Crippen LogP contribution in [0.3, 0.4) is 0 Å². The summed E-state index contributed by atoms with van der Waals surface area (Å²) >= 11 is 0. The number of hydrogen-bond acceptors (Lipinski definition) is 3. The second kappa shape index (κ2) is 3.77. The monoisotopic (exact) mass is 188 g/mol. The molecular formula is C11H12N2O. The zero-order valence-electron chi connectivity index (χ0n) is 8.07. The summed E-state index contributed by atoms with van der Waals surface area (Å²) in [6.45, 7) is 1.63. The van der Waals surface area contributed by atoms with Crippen LogP contribution in [-0.4, -0.2) is 21.2 Å². The Bertz CT molecular complexity index is 386. The van der Waals surface area contributed by atoms with Crippen molar-refractivity contribution >= 4 is 0 Å².